The molecule has 0 spiro atoms. The van der Waals surface area contributed by atoms with Crippen LogP contribution in [0.3, 0.4) is 0 Å². The topological polar surface area (TPSA) is 34.2 Å². The summed E-state index contributed by atoms with van der Waals surface area (Å²) in [7, 11) is 0. The van der Waals surface area contributed by atoms with Gasteiger partial charge < -0.3 is 10.1 Å². The maximum absolute atomic E-state index is 13.2. The second kappa shape index (κ2) is 7.38. The van der Waals surface area contributed by atoms with Crippen molar-refractivity contribution in [2.75, 3.05) is 6.54 Å². The lowest BCUT2D eigenvalue weighted by Crippen LogP contribution is -2.20. The molecule has 0 radical (unpaired) electrons. The number of pyridine rings is 1. The number of benzene rings is 1. The van der Waals surface area contributed by atoms with Crippen molar-refractivity contribution in [3.8, 4) is 11.6 Å². The molecule has 0 amide bonds. The first kappa shape index (κ1) is 15.7. The smallest absolute Gasteiger partial charge is 0.223 e. The Morgan fingerprint density at radius 1 is 1.38 bits per heavy atom. The molecule has 2 aromatic rings. The number of hydrogen-bond acceptors (Lipinski definition) is 3. The number of halogens is 2. The van der Waals surface area contributed by atoms with Crippen molar-refractivity contribution >= 4 is 11.6 Å². The zero-order valence-corrected chi connectivity index (χ0v) is 12.8. The van der Waals surface area contributed by atoms with Gasteiger partial charge in [0.1, 0.15) is 11.6 Å². The molecule has 0 saturated heterocycles. The lowest BCUT2D eigenvalue weighted by atomic mass is 10.1. The summed E-state index contributed by atoms with van der Waals surface area (Å²) in [6, 6.07) is 8.19. The van der Waals surface area contributed by atoms with E-state index in [0.717, 1.165) is 18.5 Å². The average molecular weight is 309 g/mol. The normalized spacial score (nSPS) is 12.2. The van der Waals surface area contributed by atoms with Gasteiger partial charge in [0.05, 0.1) is 5.02 Å². The van der Waals surface area contributed by atoms with Gasteiger partial charge in [-0.25, -0.2) is 9.37 Å². The fraction of sp³-hybridized carbons (Fsp3) is 0.312. The summed E-state index contributed by atoms with van der Waals surface area (Å²) >= 11 is 5.76. The largest absolute Gasteiger partial charge is 0.439 e. The second-order valence-corrected chi connectivity index (χ2v) is 5.16. The first-order valence-corrected chi connectivity index (χ1v) is 7.30. The molecule has 112 valence electrons. The molecule has 0 saturated carbocycles. The summed E-state index contributed by atoms with van der Waals surface area (Å²) in [5.41, 5.74) is 0.950. The molecule has 1 aromatic heterocycles. The molecule has 5 heteroatoms. The molecule has 2 rings (SSSR count). The molecule has 0 aliphatic rings. The Bertz CT molecular complexity index is 607. The second-order valence-electron chi connectivity index (χ2n) is 4.75. The standard InChI is InChI=1S/C16H18ClFN2O/c1-3-8-19-11(2)13-5-4-9-20-16(13)21-12-6-7-15(18)14(17)10-12/h4-7,9-11,19H,3,8H2,1-2H3. The van der Waals surface area contributed by atoms with Gasteiger partial charge in [-0.3, -0.25) is 0 Å². The third kappa shape index (κ3) is 4.16. The van der Waals surface area contributed by atoms with Crippen molar-refractivity contribution in [1.29, 1.82) is 0 Å². The van der Waals surface area contributed by atoms with E-state index in [9.17, 15) is 4.39 Å². The predicted molar refractivity (Wildman–Crippen MR) is 82.4 cm³/mol. The molecule has 1 atom stereocenters. The van der Waals surface area contributed by atoms with Crippen molar-refractivity contribution in [2.45, 2.75) is 26.3 Å². The summed E-state index contributed by atoms with van der Waals surface area (Å²) in [6.45, 7) is 5.08. The van der Waals surface area contributed by atoms with Gasteiger partial charge in [-0.1, -0.05) is 24.6 Å². The quantitative estimate of drug-likeness (QED) is 0.838. The van der Waals surface area contributed by atoms with Gasteiger partial charge in [-0.2, -0.15) is 0 Å². The molecule has 1 N–H and O–H groups in total. The number of aromatic nitrogens is 1. The van der Waals surface area contributed by atoms with Crippen LogP contribution in [0.25, 0.3) is 0 Å². The highest BCUT2D eigenvalue weighted by Crippen LogP contribution is 2.29. The summed E-state index contributed by atoms with van der Waals surface area (Å²) < 4.78 is 18.9. The SMILES string of the molecule is CCCNC(C)c1cccnc1Oc1ccc(F)c(Cl)c1. The Morgan fingerprint density at radius 2 is 2.19 bits per heavy atom. The Labute approximate surface area is 129 Å². The van der Waals surface area contributed by atoms with Crippen molar-refractivity contribution in [2.24, 2.45) is 0 Å². The minimum Gasteiger partial charge on any atom is -0.439 e. The monoisotopic (exact) mass is 308 g/mol. The zero-order chi connectivity index (χ0) is 15.2. The van der Waals surface area contributed by atoms with E-state index in [2.05, 4.69) is 24.1 Å². The van der Waals surface area contributed by atoms with Crippen LogP contribution in [-0.2, 0) is 0 Å². The first-order valence-electron chi connectivity index (χ1n) is 6.93. The highest BCUT2D eigenvalue weighted by atomic mass is 35.5. The van der Waals surface area contributed by atoms with Gasteiger partial charge in [0.2, 0.25) is 5.88 Å². The molecule has 1 aromatic carbocycles. The molecule has 0 bridgehead atoms. The van der Waals surface area contributed by atoms with E-state index < -0.39 is 5.82 Å². The summed E-state index contributed by atoms with van der Waals surface area (Å²) in [5, 5.41) is 3.42. The minimum absolute atomic E-state index is 0.0298. The number of nitrogens with one attached hydrogen (secondary N) is 1. The van der Waals surface area contributed by atoms with E-state index in [1.54, 1.807) is 6.20 Å². The zero-order valence-electron chi connectivity index (χ0n) is 12.1. The van der Waals surface area contributed by atoms with E-state index in [-0.39, 0.29) is 11.1 Å². The molecule has 0 fully saturated rings. The van der Waals surface area contributed by atoms with Crippen molar-refractivity contribution in [3.05, 3.63) is 52.9 Å². The van der Waals surface area contributed by atoms with Crippen LogP contribution < -0.4 is 10.1 Å². The van der Waals surface area contributed by atoms with E-state index >= 15 is 0 Å². The van der Waals surface area contributed by atoms with Crippen LogP contribution in [0.5, 0.6) is 11.6 Å². The van der Waals surface area contributed by atoms with Gasteiger partial charge in [0.15, 0.2) is 0 Å². The van der Waals surface area contributed by atoms with Gasteiger partial charge in [0.25, 0.3) is 0 Å². The van der Waals surface area contributed by atoms with Crippen LogP contribution in [0.15, 0.2) is 36.5 Å². The van der Waals surface area contributed by atoms with Crippen molar-refractivity contribution in [1.82, 2.24) is 10.3 Å². The Balaban J connectivity index is 2.21. The lowest BCUT2D eigenvalue weighted by Gasteiger charge is -2.17. The molecule has 0 aliphatic heterocycles. The number of hydrogen-bond donors (Lipinski definition) is 1. The highest BCUT2D eigenvalue weighted by molar-refractivity contribution is 6.30. The van der Waals surface area contributed by atoms with E-state index in [1.165, 1.54) is 18.2 Å². The Kier molecular flexibility index (Phi) is 5.53. The predicted octanol–water partition coefficient (Wildman–Crippen LogP) is 4.73. The summed E-state index contributed by atoms with van der Waals surface area (Å²) in [5.74, 6) is 0.489. The van der Waals surface area contributed by atoms with Crippen molar-refractivity contribution < 1.29 is 9.13 Å². The highest BCUT2D eigenvalue weighted by Gasteiger charge is 2.13. The van der Waals surface area contributed by atoms with Crippen LogP contribution >= 0.6 is 11.6 Å². The van der Waals surface area contributed by atoms with Crippen LogP contribution in [0.1, 0.15) is 31.9 Å². The molecule has 1 heterocycles. The maximum Gasteiger partial charge on any atom is 0.223 e. The third-order valence-electron chi connectivity index (χ3n) is 3.07. The van der Waals surface area contributed by atoms with Crippen LogP contribution in [0.2, 0.25) is 5.02 Å². The number of ether oxygens (including phenoxy) is 1. The van der Waals surface area contributed by atoms with Crippen LogP contribution in [0.4, 0.5) is 4.39 Å². The number of nitrogens with zero attached hydrogens (tertiary/aromatic N) is 1. The van der Waals surface area contributed by atoms with Gasteiger partial charge in [0, 0.05) is 23.9 Å². The van der Waals surface area contributed by atoms with Crippen molar-refractivity contribution in [3.63, 3.8) is 0 Å². The third-order valence-corrected chi connectivity index (χ3v) is 3.36. The maximum atomic E-state index is 13.2. The molecular weight excluding hydrogens is 291 g/mol. The minimum atomic E-state index is -0.469. The number of rotatable bonds is 6. The van der Waals surface area contributed by atoms with Gasteiger partial charge in [-0.15, -0.1) is 0 Å². The summed E-state index contributed by atoms with van der Waals surface area (Å²) in [4.78, 5) is 4.26. The lowest BCUT2D eigenvalue weighted by molar-refractivity contribution is 0.441. The molecular formula is C16H18ClFN2O. The van der Waals surface area contributed by atoms with E-state index in [1.807, 2.05) is 12.1 Å². The van der Waals surface area contributed by atoms with Gasteiger partial charge >= 0.3 is 0 Å². The molecule has 21 heavy (non-hydrogen) atoms. The Morgan fingerprint density at radius 3 is 2.90 bits per heavy atom. The molecule has 3 nitrogen and oxygen atoms in total. The Hall–Kier alpha value is -1.65. The van der Waals surface area contributed by atoms with Crippen LogP contribution in [-0.4, -0.2) is 11.5 Å². The van der Waals surface area contributed by atoms with E-state index in [0.29, 0.717) is 11.6 Å². The molecule has 0 aliphatic carbocycles. The van der Waals surface area contributed by atoms with Gasteiger partial charge in [-0.05, 0) is 38.1 Å². The van der Waals surface area contributed by atoms with E-state index in [4.69, 9.17) is 16.3 Å². The fourth-order valence-electron chi connectivity index (χ4n) is 1.94. The fourth-order valence-corrected chi connectivity index (χ4v) is 2.11. The average Bonchev–Trinajstić information content (AvgIpc) is 2.49. The molecule has 1 unspecified atom stereocenters. The van der Waals surface area contributed by atoms with Crippen LogP contribution in [0, 0.1) is 5.82 Å². The first-order chi connectivity index (χ1) is 10.1. The summed E-state index contributed by atoms with van der Waals surface area (Å²) in [6.07, 6.45) is 2.71.